The lowest BCUT2D eigenvalue weighted by atomic mass is 9.54. The second kappa shape index (κ2) is 5.04. The third kappa shape index (κ3) is 2.24. The molecule has 4 saturated carbocycles. The average Bonchev–Trinajstić information content (AvgIpc) is 2.78. The highest BCUT2D eigenvalue weighted by atomic mass is 16.6. The normalized spacial score (nSPS) is 34.6. The fourth-order valence-corrected chi connectivity index (χ4v) is 5.35. The smallest absolute Gasteiger partial charge is 0.322 e. The van der Waals surface area contributed by atoms with E-state index in [9.17, 15) is 14.9 Å². The number of rotatable bonds is 3. The first-order valence-electron chi connectivity index (χ1n) is 8.43. The Morgan fingerprint density at radius 3 is 2.30 bits per heavy atom. The van der Waals surface area contributed by atoms with Crippen molar-refractivity contribution in [2.24, 2.45) is 30.7 Å². The molecule has 1 N–H and O–H groups in total. The van der Waals surface area contributed by atoms with Gasteiger partial charge in [-0.05, 0) is 62.7 Å². The Morgan fingerprint density at radius 1 is 1.22 bits per heavy atom. The van der Waals surface area contributed by atoms with Crippen LogP contribution in [0.1, 0.15) is 48.3 Å². The lowest BCUT2D eigenvalue weighted by Crippen LogP contribution is -2.55. The summed E-state index contributed by atoms with van der Waals surface area (Å²) in [4.78, 5) is 23.4. The second-order valence-electron chi connectivity index (χ2n) is 7.59. The molecule has 124 valence electrons. The first kappa shape index (κ1) is 14.7. The fourth-order valence-electron chi connectivity index (χ4n) is 5.35. The van der Waals surface area contributed by atoms with Crippen LogP contribution in [0.4, 0.5) is 5.69 Å². The van der Waals surface area contributed by atoms with Crippen LogP contribution in [0, 0.1) is 40.7 Å². The Labute approximate surface area is 134 Å². The van der Waals surface area contributed by atoms with Gasteiger partial charge in [-0.25, -0.2) is 0 Å². The highest BCUT2D eigenvalue weighted by Gasteiger charge is 2.49. The van der Waals surface area contributed by atoms with Crippen molar-refractivity contribution in [3.05, 3.63) is 21.5 Å². The minimum absolute atomic E-state index is 0.0520. The molecule has 4 fully saturated rings. The Morgan fingerprint density at radius 2 is 1.78 bits per heavy atom. The highest BCUT2D eigenvalue weighted by Crippen LogP contribution is 2.53. The van der Waals surface area contributed by atoms with Gasteiger partial charge in [0.15, 0.2) is 0 Å². The molecule has 7 heteroatoms. The van der Waals surface area contributed by atoms with E-state index in [2.05, 4.69) is 10.4 Å². The molecule has 4 bridgehead atoms. The second-order valence-corrected chi connectivity index (χ2v) is 7.59. The summed E-state index contributed by atoms with van der Waals surface area (Å²) in [5, 5.41) is 18.4. The number of aryl methyl sites for hydroxylation is 1. The summed E-state index contributed by atoms with van der Waals surface area (Å²) in [5.41, 5.74) is 0.183. The average molecular weight is 318 g/mol. The van der Waals surface area contributed by atoms with Gasteiger partial charge in [-0.15, -0.1) is 0 Å². The number of amides is 1. The first-order chi connectivity index (χ1) is 10.9. The summed E-state index contributed by atoms with van der Waals surface area (Å²) in [6.45, 7) is 1.62. The van der Waals surface area contributed by atoms with Gasteiger partial charge in [0.2, 0.25) is 5.69 Å². The van der Waals surface area contributed by atoms with E-state index in [1.807, 2.05) is 0 Å². The number of carbonyl (C=O) groups excluding carboxylic acids is 1. The monoisotopic (exact) mass is 318 g/mol. The number of nitrogens with one attached hydrogen (secondary N) is 1. The highest BCUT2D eigenvalue weighted by molar-refractivity contribution is 5.96. The molecule has 4 aliphatic carbocycles. The van der Waals surface area contributed by atoms with Crippen LogP contribution >= 0.6 is 0 Å². The van der Waals surface area contributed by atoms with Crippen molar-refractivity contribution in [2.75, 3.05) is 0 Å². The van der Waals surface area contributed by atoms with Crippen molar-refractivity contribution in [2.45, 2.75) is 45.1 Å². The minimum Gasteiger partial charge on any atom is -0.347 e. The minimum atomic E-state index is -0.506. The largest absolute Gasteiger partial charge is 0.347 e. The molecule has 0 spiro atoms. The van der Waals surface area contributed by atoms with Gasteiger partial charge in [0.05, 0.1) is 4.92 Å². The van der Waals surface area contributed by atoms with Gasteiger partial charge in [0, 0.05) is 13.1 Å². The maximum absolute atomic E-state index is 12.6. The molecule has 0 saturated heterocycles. The molecular weight excluding hydrogens is 296 g/mol. The summed E-state index contributed by atoms with van der Waals surface area (Å²) in [6.07, 6.45) is 6.14. The molecule has 0 atom stereocenters. The quantitative estimate of drug-likeness (QED) is 0.683. The van der Waals surface area contributed by atoms with Crippen LogP contribution in [0.3, 0.4) is 0 Å². The van der Waals surface area contributed by atoms with Gasteiger partial charge in [-0.1, -0.05) is 0 Å². The van der Waals surface area contributed by atoms with E-state index >= 15 is 0 Å². The molecule has 0 aliphatic heterocycles. The molecule has 0 radical (unpaired) electrons. The summed E-state index contributed by atoms with van der Waals surface area (Å²) in [5.74, 6) is 2.35. The van der Waals surface area contributed by atoms with E-state index in [0.29, 0.717) is 17.5 Å². The lowest BCUT2D eigenvalue weighted by Gasteiger charge is -2.54. The Bertz CT molecular complexity index is 653. The zero-order chi connectivity index (χ0) is 16.3. The van der Waals surface area contributed by atoms with E-state index < -0.39 is 10.8 Å². The molecule has 1 aromatic rings. The van der Waals surface area contributed by atoms with Gasteiger partial charge in [-0.3, -0.25) is 19.6 Å². The Kier molecular flexibility index (Phi) is 3.21. The van der Waals surface area contributed by atoms with E-state index in [1.54, 1.807) is 14.0 Å². The maximum atomic E-state index is 12.6. The molecule has 1 heterocycles. The van der Waals surface area contributed by atoms with Gasteiger partial charge < -0.3 is 5.32 Å². The predicted molar refractivity (Wildman–Crippen MR) is 82.9 cm³/mol. The van der Waals surface area contributed by atoms with Gasteiger partial charge in [0.25, 0.3) is 5.91 Å². The maximum Gasteiger partial charge on any atom is 0.322 e. The molecule has 1 amide bonds. The summed E-state index contributed by atoms with van der Waals surface area (Å²) >= 11 is 0. The molecular formula is C16H22N4O3. The van der Waals surface area contributed by atoms with Crippen LogP contribution in [0.25, 0.3) is 0 Å². The van der Waals surface area contributed by atoms with Crippen LogP contribution < -0.4 is 5.32 Å². The summed E-state index contributed by atoms with van der Waals surface area (Å²) < 4.78 is 1.41. The molecule has 7 nitrogen and oxygen atoms in total. The number of nitrogens with zero attached hydrogens (tertiary/aromatic N) is 3. The van der Waals surface area contributed by atoms with Gasteiger partial charge >= 0.3 is 5.69 Å². The number of carbonyl (C=O) groups is 1. The van der Waals surface area contributed by atoms with Crippen LogP contribution in [-0.2, 0) is 7.05 Å². The first-order valence-corrected chi connectivity index (χ1v) is 8.43. The van der Waals surface area contributed by atoms with Crippen LogP contribution in [0.15, 0.2) is 0 Å². The number of nitro groups is 1. The van der Waals surface area contributed by atoms with Crippen molar-refractivity contribution in [1.82, 2.24) is 15.1 Å². The van der Waals surface area contributed by atoms with Crippen molar-refractivity contribution < 1.29 is 9.72 Å². The number of hydrogen-bond donors (Lipinski definition) is 1. The van der Waals surface area contributed by atoms with E-state index in [4.69, 9.17) is 0 Å². The van der Waals surface area contributed by atoms with Crippen LogP contribution in [0.2, 0.25) is 0 Å². The summed E-state index contributed by atoms with van der Waals surface area (Å²) in [7, 11) is 1.63. The van der Waals surface area contributed by atoms with Gasteiger partial charge in [-0.2, -0.15) is 5.10 Å². The molecule has 0 unspecified atom stereocenters. The predicted octanol–water partition coefficient (Wildman–Crippen LogP) is 2.19. The van der Waals surface area contributed by atoms with Crippen LogP contribution in [0.5, 0.6) is 0 Å². The molecule has 4 aliphatic rings. The molecule has 0 aromatic carbocycles. The summed E-state index contributed by atoms with van der Waals surface area (Å²) in [6, 6.07) is 0.164. The Hall–Kier alpha value is -1.92. The Balaban J connectivity index is 1.57. The van der Waals surface area contributed by atoms with Gasteiger partial charge in [0.1, 0.15) is 5.69 Å². The number of aromatic nitrogens is 2. The zero-order valence-corrected chi connectivity index (χ0v) is 13.5. The number of hydrogen-bond acceptors (Lipinski definition) is 4. The van der Waals surface area contributed by atoms with E-state index in [-0.39, 0.29) is 17.4 Å². The van der Waals surface area contributed by atoms with Crippen molar-refractivity contribution in [3.8, 4) is 0 Å². The van der Waals surface area contributed by atoms with Crippen LogP contribution in [-0.4, -0.2) is 26.7 Å². The van der Waals surface area contributed by atoms with E-state index in [1.165, 1.54) is 36.8 Å². The lowest BCUT2D eigenvalue weighted by molar-refractivity contribution is -0.385. The third-order valence-electron chi connectivity index (χ3n) is 6.22. The topological polar surface area (TPSA) is 90.1 Å². The third-order valence-corrected chi connectivity index (χ3v) is 6.22. The fraction of sp³-hybridized carbons (Fsp3) is 0.750. The molecule has 5 rings (SSSR count). The van der Waals surface area contributed by atoms with Crippen molar-refractivity contribution in [3.63, 3.8) is 0 Å². The SMILES string of the molecule is Cc1c([N+](=O)[O-])c(C(=O)NC2C3CC4CC(C3)CC2C4)nn1C. The van der Waals surface area contributed by atoms with Crippen molar-refractivity contribution >= 4 is 11.6 Å². The van der Waals surface area contributed by atoms with Crippen molar-refractivity contribution in [1.29, 1.82) is 0 Å². The molecule has 23 heavy (non-hydrogen) atoms. The standard InChI is InChI=1S/C16H22N4O3/c1-8-15(20(22)23)14(18-19(8)2)16(21)17-13-11-4-9-3-10(6-11)7-12(13)5-9/h9-13H,3-7H2,1-2H3,(H,17,21). The van der Waals surface area contributed by atoms with E-state index in [0.717, 1.165) is 11.8 Å². The zero-order valence-electron chi connectivity index (χ0n) is 13.5. The molecule has 1 aromatic heterocycles.